The van der Waals surface area contributed by atoms with Crippen molar-refractivity contribution < 1.29 is 4.79 Å². The molecule has 1 aromatic rings. The van der Waals surface area contributed by atoms with Crippen LogP contribution in [0.4, 0.5) is 10.5 Å². The molecule has 0 atom stereocenters. The molecule has 0 aromatic heterocycles. The van der Waals surface area contributed by atoms with Crippen LogP contribution >= 0.6 is 0 Å². The maximum atomic E-state index is 12.5. The van der Waals surface area contributed by atoms with Gasteiger partial charge in [0.15, 0.2) is 0 Å². The highest BCUT2D eigenvalue weighted by atomic mass is 16.2. The minimum absolute atomic E-state index is 0.182. The van der Waals surface area contributed by atoms with Gasteiger partial charge < -0.3 is 4.90 Å². The highest BCUT2D eigenvalue weighted by molar-refractivity contribution is 5.95. The van der Waals surface area contributed by atoms with E-state index in [1.165, 1.54) is 18.4 Å². The summed E-state index contributed by atoms with van der Waals surface area (Å²) in [6, 6.07) is 9.12. The van der Waals surface area contributed by atoms with Gasteiger partial charge in [-0.3, -0.25) is 4.90 Å². The normalized spacial score (nSPS) is 19.8. The van der Waals surface area contributed by atoms with Crippen LogP contribution < -0.4 is 4.90 Å². The van der Waals surface area contributed by atoms with E-state index in [2.05, 4.69) is 32.0 Å². The zero-order valence-electron chi connectivity index (χ0n) is 10.4. The Hall–Kier alpha value is -1.51. The molecule has 90 valence electrons. The van der Waals surface area contributed by atoms with Gasteiger partial charge in [0.1, 0.15) is 0 Å². The summed E-state index contributed by atoms with van der Waals surface area (Å²) in [6.45, 7) is 4.93. The first-order valence-corrected chi connectivity index (χ1v) is 6.36. The van der Waals surface area contributed by atoms with E-state index < -0.39 is 0 Å². The lowest BCUT2D eigenvalue weighted by atomic mass is 10.1. The first-order valence-electron chi connectivity index (χ1n) is 6.36. The molecule has 1 aliphatic heterocycles. The van der Waals surface area contributed by atoms with Gasteiger partial charge in [0.2, 0.25) is 0 Å². The van der Waals surface area contributed by atoms with Gasteiger partial charge in [-0.2, -0.15) is 0 Å². The van der Waals surface area contributed by atoms with Crippen LogP contribution in [-0.2, 0) is 6.54 Å². The van der Waals surface area contributed by atoms with E-state index in [1.54, 1.807) is 0 Å². The van der Waals surface area contributed by atoms with E-state index in [4.69, 9.17) is 0 Å². The average molecular weight is 230 g/mol. The fraction of sp³-hybridized carbons (Fsp3) is 0.500. The molecule has 0 saturated heterocycles. The second kappa shape index (κ2) is 3.76. The topological polar surface area (TPSA) is 23.6 Å². The molecule has 0 radical (unpaired) electrons. The summed E-state index contributed by atoms with van der Waals surface area (Å²) >= 11 is 0. The minimum atomic E-state index is 0.182. The average Bonchev–Trinajstić information content (AvgIpc) is 3.11. The van der Waals surface area contributed by atoms with Gasteiger partial charge >= 0.3 is 6.03 Å². The summed E-state index contributed by atoms with van der Waals surface area (Å²) in [6.07, 6.45) is 2.33. The summed E-state index contributed by atoms with van der Waals surface area (Å²) in [5, 5.41) is 0. The number of hydrogen-bond acceptors (Lipinski definition) is 1. The van der Waals surface area contributed by atoms with Crippen molar-refractivity contribution in [1.29, 1.82) is 0 Å². The predicted molar refractivity (Wildman–Crippen MR) is 68.0 cm³/mol. The largest absolute Gasteiger partial charge is 0.325 e. The predicted octanol–water partition coefficient (Wildman–Crippen LogP) is 3.00. The Bertz CT molecular complexity index is 451. The maximum absolute atomic E-state index is 12.5. The lowest BCUT2D eigenvalue weighted by molar-refractivity contribution is 0.193. The number of rotatable bonds is 2. The van der Waals surface area contributed by atoms with Crippen molar-refractivity contribution in [2.24, 2.45) is 0 Å². The standard InChI is InChI=1S/C14H18N2O/c1-10(2)16-13-6-4-3-5-11(13)9-15(14(16)17)12-7-8-12/h3-6,10,12H,7-9H2,1-2H3. The maximum Gasteiger partial charge on any atom is 0.325 e. The molecular formula is C14H18N2O. The van der Waals surface area contributed by atoms with E-state index in [-0.39, 0.29) is 12.1 Å². The number of para-hydroxylation sites is 1. The van der Waals surface area contributed by atoms with Gasteiger partial charge in [0.25, 0.3) is 0 Å². The molecule has 0 N–H and O–H groups in total. The number of carbonyl (C=O) groups excluding carboxylic acids is 1. The van der Waals surface area contributed by atoms with Gasteiger partial charge in [-0.1, -0.05) is 18.2 Å². The number of fused-ring (bicyclic) bond motifs is 1. The zero-order chi connectivity index (χ0) is 12.0. The Morgan fingerprint density at radius 3 is 2.59 bits per heavy atom. The molecule has 1 fully saturated rings. The highest BCUT2D eigenvalue weighted by Crippen LogP contribution is 2.36. The van der Waals surface area contributed by atoms with Gasteiger partial charge in [0.05, 0.1) is 5.69 Å². The minimum Gasteiger partial charge on any atom is -0.317 e. The van der Waals surface area contributed by atoms with Crippen molar-refractivity contribution in [1.82, 2.24) is 4.90 Å². The third-order valence-corrected chi connectivity index (χ3v) is 3.55. The molecule has 1 heterocycles. The molecule has 1 saturated carbocycles. The van der Waals surface area contributed by atoms with Crippen LogP contribution in [0, 0.1) is 0 Å². The van der Waals surface area contributed by atoms with Gasteiger partial charge in [-0.25, -0.2) is 4.79 Å². The zero-order valence-corrected chi connectivity index (χ0v) is 10.4. The van der Waals surface area contributed by atoms with Crippen LogP contribution in [0.1, 0.15) is 32.3 Å². The molecule has 0 unspecified atom stereocenters. The molecule has 0 spiro atoms. The van der Waals surface area contributed by atoms with Crippen molar-refractivity contribution in [2.75, 3.05) is 4.90 Å². The number of nitrogens with zero attached hydrogens (tertiary/aromatic N) is 2. The Labute approximate surface area is 102 Å². The fourth-order valence-corrected chi connectivity index (χ4v) is 2.54. The number of benzene rings is 1. The first-order chi connectivity index (χ1) is 8.18. The molecule has 2 amide bonds. The fourth-order valence-electron chi connectivity index (χ4n) is 2.54. The van der Waals surface area contributed by atoms with E-state index in [0.717, 1.165) is 12.2 Å². The summed E-state index contributed by atoms with van der Waals surface area (Å²) in [4.78, 5) is 16.4. The lowest BCUT2D eigenvalue weighted by Crippen LogP contribution is -2.50. The summed E-state index contributed by atoms with van der Waals surface area (Å²) in [7, 11) is 0. The number of carbonyl (C=O) groups is 1. The third kappa shape index (κ3) is 1.70. The number of anilines is 1. The summed E-state index contributed by atoms with van der Waals surface area (Å²) in [5.41, 5.74) is 2.36. The van der Waals surface area contributed by atoms with Crippen molar-refractivity contribution in [3.05, 3.63) is 29.8 Å². The highest BCUT2D eigenvalue weighted by Gasteiger charge is 2.39. The summed E-state index contributed by atoms with van der Waals surface area (Å²) in [5.74, 6) is 0. The lowest BCUT2D eigenvalue weighted by Gasteiger charge is -2.39. The van der Waals surface area contributed by atoms with Crippen molar-refractivity contribution in [2.45, 2.75) is 45.3 Å². The molecule has 2 aliphatic rings. The Kier molecular flexibility index (Phi) is 2.35. The van der Waals surface area contributed by atoms with Crippen LogP contribution in [-0.4, -0.2) is 23.0 Å². The van der Waals surface area contributed by atoms with Gasteiger partial charge in [0, 0.05) is 18.6 Å². The first kappa shape index (κ1) is 10.6. The number of urea groups is 1. The summed E-state index contributed by atoms with van der Waals surface area (Å²) < 4.78 is 0. The Balaban J connectivity index is 2.03. The second-order valence-corrected chi connectivity index (χ2v) is 5.23. The molecule has 3 heteroatoms. The van der Waals surface area contributed by atoms with Crippen LogP contribution in [0.25, 0.3) is 0 Å². The Morgan fingerprint density at radius 1 is 1.24 bits per heavy atom. The van der Waals surface area contributed by atoms with Crippen molar-refractivity contribution in [3.63, 3.8) is 0 Å². The van der Waals surface area contributed by atoms with Crippen LogP contribution in [0.2, 0.25) is 0 Å². The van der Waals surface area contributed by atoms with Crippen LogP contribution in [0.15, 0.2) is 24.3 Å². The quantitative estimate of drug-likeness (QED) is 0.766. The molecule has 17 heavy (non-hydrogen) atoms. The smallest absolute Gasteiger partial charge is 0.317 e. The number of hydrogen-bond donors (Lipinski definition) is 0. The molecule has 1 aliphatic carbocycles. The van der Waals surface area contributed by atoms with E-state index >= 15 is 0 Å². The Morgan fingerprint density at radius 2 is 1.94 bits per heavy atom. The van der Waals surface area contributed by atoms with Crippen LogP contribution in [0.5, 0.6) is 0 Å². The van der Waals surface area contributed by atoms with E-state index in [1.807, 2.05) is 15.9 Å². The van der Waals surface area contributed by atoms with Gasteiger partial charge in [-0.05, 0) is 38.3 Å². The van der Waals surface area contributed by atoms with Gasteiger partial charge in [-0.15, -0.1) is 0 Å². The van der Waals surface area contributed by atoms with E-state index in [9.17, 15) is 4.79 Å². The molecular weight excluding hydrogens is 212 g/mol. The monoisotopic (exact) mass is 230 g/mol. The van der Waals surface area contributed by atoms with Crippen LogP contribution in [0.3, 0.4) is 0 Å². The van der Waals surface area contributed by atoms with Crippen molar-refractivity contribution >= 4 is 11.7 Å². The molecule has 0 bridgehead atoms. The molecule has 3 nitrogen and oxygen atoms in total. The molecule has 1 aromatic carbocycles. The molecule has 3 rings (SSSR count). The van der Waals surface area contributed by atoms with E-state index in [0.29, 0.717) is 6.04 Å². The van der Waals surface area contributed by atoms with Crippen molar-refractivity contribution in [3.8, 4) is 0 Å². The number of amides is 2. The third-order valence-electron chi connectivity index (χ3n) is 3.55. The SMILES string of the molecule is CC(C)N1C(=O)N(C2CC2)Cc2ccccc21. The second-order valence-electron chi connectivity index (χ2n) is 5.23.